The first-order valence-corrected chi connectivity index (χ1v) is 7.70. The lowest BCUT2D eigenvalue weighted by atomic mass is 10.1. The van der Waals surface area contributed by atoms with E-state index in [1.54, 1.807) is 18.2 Å². The van der Waals surface area contributed by atoms with E-state index in [2.05, 4.69) is 6.92 Å². The maximum Gasteiger partial charge on any atom is 0.139 e. The van der Waals surface area contributed by atoms with Gasteiger partial charge in [-0.25, -0.2) is 4.39 Å². The van der Waals surface area contributed by atoms with Crippen LogP contribution in [-0.4, -0.2) is 9.96 Å². The Kier molecular flexibility index (Phi) is 7.10. The Bertz CT molecular complexity index is 352. The fraction of sp³-hybridized carbons (Fsp3) is 0.571. The Balaban J connectivity index is 2.24. The molecule has 0 bridgehead atoms. The maximum atomic E-state index is 13.3. The van der Waals surface area contributed by atoms with Gasteiger partial charge >= 0.3 is 0 Å². The number of benzene rings is 1. The van der Waals surface area contributed by atoms with Gasteiger partial charge in [-0.3, -0.25) is 4.21 Å². The minimum Gasteiger partial charge on any atom is -0.254 e. The molecule has 0 N–H and O–H groups in total. The van der Waals surface area contributed by atoms with E-state index in [0.29, 0.717) is 10.6 Å². The first-order chi connectivity index (χ1) is 8.25. The third-order valence-corrected chi connectivity index (χ3v) is 4.25. The Morgan fingerprint density at radius 2 is 1.71 bits per heavy atom. The molecule has 1 unspecified atom stereocenters. The van der Waals surface area contributed by atoms with E-state index in [4.69, 9.17) is 0 Å². The van der Waals surface area contributed by atoms with Gasteiger partial charge < -0.3 is 0 Å². The summed E-state index contributed by atoms with van der Waals surface area (Å²) in [5.74, 6) is 0.226. The molecular weight excluding hydrogens is 235 g/mol. The van der Waals surface area contributed by atoms with Crippen LogP contribution in [0.2, 0.25) is 0 Å². The standard InChI is InChI=1S/C14H21FOS/c1-2-3-4-5-6-9-12-17(16)14-11-8-7-10-13(14)15/h7-8,10-11H,2-6,9,12H2,1H3. The predicted octanol–water partition coefficient (Wildman–Crippen LogP) is 4.29. The monoisotopic (exact) mass is 256 g/mol. The molecule has 0 spiro atoms. The number of halogens is 1. The van der Waals surface area contributed by atoms with Gasteiger partial charge in [-0.2, -0.15) is 0 Å². The van der Waals surface area contributed by atoms with Gasteiger partial charge in [0, 0.05) is 5.75 Å². The molecule has 3 heteroatoms. The molecule has 17 heavy (non-hydrogen) atoms. The second-order valence-electron chi connectivity index (χ2n) is 4.25. The summed E-state index contributed by atoms with van der Waals surface area (Å²) in [6.07, 6.45) is 6.98. The van der Waals surface area contributed by atoms with Crippen molar-refractivity contribution in [2.75, 3.05) is 5.75 Å². The first-order valence-electron chi connectivity index (χ1n) is 6.38. The minimum absolute atomic E-state index is 0.348. The molecule has 0 heterocycles. The molecule has 0 radical (unpaired) electrons. The van der Waals surface area contributed by atoms with Crippen LogP contribution in [-0.2, 0) is 10.8 Å². The molecule has 96 valence electrons. The van der Waals surface area contributed by atoms with E-state index in [1.807, 2.05) is 0 Å². The quantitative estimate of drug-likeness (QED) is 0.634. The zero-order valence-electron chi connectivity index (χ0n) is 10.5. The summed E-state index contributed by atoms with van der Waals surface area (Å²) < 4.78 is 25.1. The highest BCUT2D eigenvalue weighted by Crippen LogP contribution is 2.13. The molecule has 1 aromatic carbocycles. The average Bonchev–Trinajstić information content (AvgIpc) is 2.34. The van der Waals surface area contributed by atoms with Crippen molar-refractivity contribution < 1.29 is 8.60 Å². The summed E-state index contributed by atoms with van der Waals surface area (Å²) in [6, 6.07) is 6.34. The van der Waals surface area contributed by atoms with Crippen LogP contribution >= 0.6 is 0 Å². The third-order valence-electron chi connectivity index (χ3n) is 2.77. The summed E-state index contributed by atoms with van der Waals surface area (Å²) in [5, 5.41) is 0. The molecule has 0 aliphatic rings. The molecule has 0 fully saturated rings. The molecule has 1 atom stereocenters. The number of unbranched alkanes of at least 4 members (excludes halogenated alkanes) is 5. The topological polar surface area (TPSA) is 17.1 Å². The second kappa shape index (κ2) is 8.40. The van der Waals surface area contributed by atoms with Crippen LogP contribution in [0.5, 0.6) is 0 Å². The molecule has 0 aliphatic heterocycles. The maximum absolute atomic E-state index is 13.3. The van der Waals surface area contributed by atoms with Gasteiger partial charge in [0.2, 0.25) is 0 Å². The van der Waals surface area contributed by atoms with Crippen molar-refractivity contribution in [1.29, 1.82) is 0 Å². The van der Waals surface area contributed by atoms with Crippen LogP contribution in [0.1, 0.15) is 45.4 Å². The molecule has 0 amide bonds. The molecule has 0 saturated heterocycles. The minimum atomic E-state index is -1.18. The zero-order valence-corrected chi connectivity index (χ0v) is 11.3. The van der Waals surface area contributed by atoms with Gasteiger partial charge in [-0.05, 0) is 18.6 Å². The van der Waals surface area contributed by atoms with Gasteiger partial charge in [-0.1, -0.05) is 51.2 Å². The summed E-state index contributed by atoms with van der Waals surface area (Å²) in [4.78, 5) is 0.348. The highest BCUT2D eigenvalue weighted by Gasteiger charge is 2.08. The molecule has 0 aromatic heterocycles. The number of hydrogen-bond donors (Lipinski definition) is 0. The Morgan fingerprint density at radius 1 is 1.06 bits per heavy atom. The second-order valence-corrected chi connectivity index (χ2v) is 5.79. The highest BCUT2D eigenvalue weighted by molar-refractivity contribution is 7.85. The summed E-state index contributed by atoms with van der Waals surface area (Å²) in [7, 11) is -1.18. The fourth-order valence-electron chi connectivity index (χ4n) is 1.75. The first kappa shape index (κ1) is 14.4. The summed E-state index contributed by atoms with van der Waals surface area (Å²) >= 11 is 0. The lowest BCUT2D eigenvalue weighted by Gasteiger charge is -2.03. The van der Waals surface area contributed by atoms with Crippen molar-refractivity contribution in [1.82, 2.24) is 0 Å². The zero-order chi connectivity index (χ0) is 12.5. The van der Waals surface area contributed by atoms with Crippen molar-refractivity contribution >= 4 is 10.8 Å². The van der Waals surface area contributed by atoms with Crippen molar-refractivity contribution in [3.8, 4) is 0 Å². The van der Waals surface area contributed by atoms with Gasteiger partial charge in [0.15, 0.2) is 0 Å². The van der Waals surface area contributed by atoms with Crippen molar-refractivity contribution in [2.24, 2.45) is 0 Å². The van der Waals surface area contributed by atoms with Crippen LogP contribution in [0.3, 0.4) is 0 Å². The van der Waals surface area contributed by atoms with Crippen molar-refractivity contribution in [3.05, 3.63) is 30.1 Å². The molecule has 0 saturated carbocycles. The Labute approximate surface area is 106 Å². The normalized spacial score (nSPS) is 12.6. The Hall–Kier alpha value is -0.700. The van der Waals surface area contributed by atoms with Crippen LogP contribution < -0.4 is 0 Å². The van der Waals surface area contributed by atoms with E-state index in [0.717, 1.165) is 12.8 Å². The molecule has 0 aliphatic carbocycles. The van der Waals surface area contributed by atoms with E-state index in [1.165, 1.54) is 31.7 Å². The summed E-state index contributed by atoms with van der Waals surface area (Å²) in [6.45, 7) is 2.19. The van der Waals surface area contributed by atoms with E-state index in [9.17, 15) is 8.60 Å². The largest absolute Gasteiger partial charge is 0.254 e. The molecule has 1 nitrogen and oxygen atoms in total. The number of hydrogen-bond acceptors (Lipinski definition) is 1. The van der Waals surface area contributed by atoms with Crippen molar-refractivity contribution in [3.63, 3.8) is 0 Å². The highest BCUT2D eigenvalue weighted by atomic mass is 32.2. The SMILES string of the molecule is CCCCCCCCS(=O)c1ccccc1F. The van der Waals surface area contributed by atoms with Gasteiger partial charge in [0.1, 0.15) is 5.82 Å². The van der Waals surface area contributed by atoms with E-state index < -0.39 is 10.8 Å². The van der Waals surface area contributed by atoms with Crippen LogP contribution in [0.4, 0.5) is 4.39 Å². The fourth-order valence-corrected chi connectivity index (χ4v) is 2.95. The lowest BCUT2D eigenvalue weighted by Crippen LogP contribution is -2.00. The van der Waals surface area contributed by atoms with E-state index >= 15 is 0 Å². The molecular formula is C14H21FOS. The average molecular weight is 256 g/mol. The van der Waals surface area contributed by atoms with Gasteiger partial charge in [0.05, 0.1) is 15.7 Å². The molecule has 1 aromatic rings. The lowest BCUT2D eigenvalue weighted by molar-refractivity contribution is 0.593. The Morgan fingerprint density at radius 3 is 2.41 bits per heavy atom. The summed E-state index contributed by atoms with van der Waals surface area (Å²) in [5.41, 5.74) is 0. The van der Waals surface area contributed by atoms with Crippen LogP contribution in [0.25, 0.3) is 0 Å². The van der Waals surface area contributed by atoms with Crippen molar-refractivity contribution in [2.45, 2.75) is 50.3 Å². The van der Waals surface area contributed by atoms with Gasteiger partial charge in [0.25, 0.3) is 0 Å². The van der Waals surface area contributed by atoms with E-state index in [-0.39, 0.29) is 5.82 Å². The third kappa shape index (κ3) is 5.44. The molecule has 1 rings (SSSR count). The van der Waals surface area contributed by atoms with Crippen LogP contribution in [0, 0.1) is 5.82 Å². The van der Waals surface area contributed by atoms with Gasteiger partial charge in [-0.15, -0.1) is 0 Å². The smallest absolute Gasteiger partial charge is 0.139 e. The van der Waals surface area contributed by atoms with Crippen LogP contribution in [0.15, 0.2) is 29.2 Å². The predicted molar refractivity (Wildman–Crippen MR) is 71.1 cm³/mol. The number of rotatable bonds is 8.